The standard InChI is InChI=1S/C14H27N5O/c1-15-11-13-10-14(20-16-13)12-19-8-6-18(7-9-19)5-4-17(2)3/h10,15H,4-9,11-12H2,1-3H3. The van der Waals surface area contributed by atoms with Crippen LogP contribution in [0.1, 0.15) is 11.5 Å². The molecule has 0 atom stereocenters. The van der Waals surface area contributed by atoms with Gasteiger partial charge in [-0.1, -0.05) is 5.16 Å². The lowest BCUT2D eigenvalue weighted by molar-refractivity contribution is 0.113. The van der Waals surface area contributed by atoms with Gasteiger partial charge < -0.3 is 14.7 Å². The van der Waals surface area contributed by atoms with E-state index in [0.717, 1.165) is 63.8 Å². The van der Waals surface area contributed by atoms with Crippen LogP contribution in [0.25, 0.3) is 0 Å². The largest absolute Gasteiger partial charge is 0.360 e. The smallest absolute Gasteiger partial charge is 0.151 e. The molecule has 0 saturated carbocycles. The Morgan fingerprint density at radius 1 is 1.25 bits per heavy atom. The predicted molar refractivity (Wildman–Crippen MR) is 79.5 cm³/mol. The van der Waals surface area contributed by atoms with Crippen LogP contribution < -0.4 is 5.32 Å². The summed E-state index contributed by atoms with van der Waals surface area (Å²) in [5.74, 6) is 0.969. The first-order valence-electron chi connectivity index (χ1n) is 7.36. The Bertz CT molecular complexity index is 385. The summed E-state index contributed by atoms with van der Waals surface area (Å²) in [7, 11) is 6.17. The molecule has 0 spiro atoms. The van der Waals surface area contributed by atoms with E-state index in [9.17, 15) is 0 Å². The maximum atomic E-state index is 5.37. The Morgan fingerprint density at radius 2 is 1.95 bits per heavy atom. The van der Waals surface area contributed by atoms with E-state index in [1.807, 2.05) is 7.05 Å². The number of hydrogen-bond donors (Lipinski definition) is 1. The van der Waals surface area contributed by atoms with Gasteiger partial charge in [-0.3, -0.25) is 9.80 Å². The van der Waals surface area contributed by atoms with E-state index >= 15 is 0 Å². The van der Waals surface area contributed by atoms with Gasteiger partial charge in [0, 0.05) is 51.9 Å². The summed E-state index contributed by atoms with van der Waals surface area (Å²) >= 11 is 0. The lowest BCUT2D eigenvalue weighted by Crippen LogP contribution is -2.47. The van der Waals surface area contributed by atoms with E-state index < -0.39 is 0 Å². The van der Waals surface area contributed by atoms with Gasteiger partial charge in [0.25, 0.3) is 0 Å². The third-order valence-corrected chi connectivity index (χ3v) is 3.67. The van der Waals surface area contributed by atoms with E-state index in [2.05, 4.69) is 45.3 Å². The molecule has 20 heavy (non-hydrogen) atoms. The lowest BCUT2D eigenvalue weighted by atomic mass is 10.3. The first-order chi connectivity index (χ1) is 9.67. The lowest BCUT2D eigenvalue weighted by Gasteiger charge is -2.34. The fraction of sp³-hybridized carbons (Fsp3) is 0.786. The second-order valence-corrected chi connectivity index (χ2v) is 5.74. The molecule has 0 amide bonds. The Labute approximate surface area is 121 Å². The van der Waals surface area contributed by atoms with Gasteiger partial charge in [-0.05, 0) is 21.1 Å². The minimum atomic E-state index is 0.766. The number of hydrogen-bond acceptors (Lipinski definition) is 6. The van der Waals surface area contributed by atoms with Gasteiger partial charge in [0.2, 0.25) is 0 Å². The van der Waals surface area contributed by atoms with Crippen LogP contribution in [-0.4, -0.2) is 80.3 Å². The topological polar surface area (TPSA) is 47.8 Å². The molecule has 2 rings (SSSR count). The summed E-state index contributed by atoms with van der Waals surface area (Å²) in [5, 5.41) is 7.14. The third-order valence-electron chi connectivity index (χ3n) is 3.67. The van der Waals surface area contributed by atoms with Gasteiger partial charge in [0.1, 0.15) is 0 Å². The van der Waals surface area contributed by atoms with Crippen molar-refractivity contribution < 1.29 is 4.52 Å². The van der Waals surface area contributed by atoms with Crippen LogP contribution in [0.3, 0.4) is 0 Å². The van der Waals surface area contributed by atoms with E-state index in [1.165, 1.54) is 0 Å². The highest BCUT2D eigenvalue weighted by Gasteiger charge is 2.18. The van der Waals surface area contributed by atoms with Gasteiger partial charge in [0.05, 0.1) is 12.2 Å². The summed E-state index contributed by atoms with van der Waals surface area (Å²) in [6.45, 7) is 8.44. The molecule has 6 nitrogen and oxygen atoms in total. The van der Waals surface area contributed by atoms with Gasteiger partial charge in [-0.2, -0.15) is 0 Å². The van der Waals surface area contributed by atoms with E-state index in [1.54, 1.807) is 0 Å². The molecule has 0 bridgehead atoms. The molecule has 1 N–H and O–H groups in total. The highest BCUT2D eigenvalue weighted by Crippen LogP contribution is 2.10. The maximum Gasteiger partial charge on any atom is 0.151 e. The first kappa shape index (κ1) is 15.4. The SMILES string of the molecule is CNCc1cc(CN2CCN(CCN(C)C)CC2)on1. The van der Waals surface area contributed by atoms with E-state index in [-0.39, 0.29) is 0 Å². The molecular formula is C14H27N5O. The molecule has 2 heterocycles. The van der Waals surface area contributed by atoms with Crippen LogP contribution in [-0.2, 0) is 13.1 Å². The van der Waals surface area contributed by atoms with Crippen molar-refractivity contribution in [1.29, 1.82) is 0 Å². The summed E-state index contributed by atoms with van der Waals surface area (Å²) in [5.41, 5.74) is 0.979. The number of piperazine rings is 1. The molecular weight excluding hydrogens is 254 g/mol. The minimum Gasteiger partial charge on any atom is -0.360 e. The molecule has 1 aromatic heterocycles. The molecule has 1 aliphatic rings. The van der Waals surface area contributed by atoms with Crippen LogP contribution >= 0.6 is 0 Å². The molecule has 0 aromatic carbocycles. The molecule has 1 fully saturated rings. The zero-order valence-electron chi connectivity index (χ0n) is 12.9. The summed E-state index contributed by atoms with van der Waals surface area (Å²) in [6.07, 6.45) is 0. The fourth-order valence-electron chi connectivity index (χ4n) is 2.43. The zero-order chi connectivity index (χ0) is 14.4. The van der Waals surface area contributed by atoms with Gasteiger partial charge in [0.15, 0.2) is 5.76 Å². The molecule has 1 aromatic rings. The molecule has 0 aliphatic carbocycles. The average molecular weight is 281 g/mol. The Balaban J connectivity index is 1.70. The van der Waals surface area contributed by atoms with E-state index in [0.29, 0.717) is 0 Å². The van der Waals surface area contributed by atoms with Gasteiger partial charge in [-0.25, -0.2) is 0 Å². The van der Waals surface area contributed by atoms with Crippen LogP contribution in [0.2, 0.25) is 0 Å². The second-order valence-electron chi connectivity index (χ2n) is 5.74. The number of nitrogens with zero attached hydrogens (tertiary/aromatic N) is 4. The second kappa shape index (κ2) is 7.73. The molecule has 0 unspecified atom stereocenters. The van der Waals surface area contributed by atoms with E-state index in [4.69, 9.17) is 4.52 Å². The van der Waals surface area contributed by atoms with Crippen molar-refractivity contribution in [3.8, 4) is 0 Å². The highest BCUT2D eigenvalue weighted by molar-refractivity contribution is 5.05. The van der Waals surface area contributed by atoms with Crippen LogP contribution in [0.15, 0.2) is 10.6 Å². The average Bonchev–Trinajstić information content (AvgIpc) is 2.86. The third kappa shape index (κ3) is 4.86. The number of rotatable bonds is 7. The van der Waals surface area contributed by atoms with Crippen molar-refractivity contribution in [3.05, 3.63) is 17.5 Å². The zero-order valence-corrected chi connectivity index (χ0v) is 12.9. The van der Waals surface area contributed by atoms with Crippen molar-refractivity contribution in [3.63, 3.8) is 0 Å². The van der Waals surface area contributed by atoms with Crippen molar-refractivity contribution in [2.24, 2.45) is 0 Å². The van der Waals surface area contributed by atoms with Crippen molar-refractivity contribution in [2.45, 2.75) is 13.1 Å². The van der Waals surface area contributed by atoms with Crippen LogP contribution in [0, 0.1) is 0 Å². The minimum absolute atomic E-state index is 0.766. The van der Waals surface area contributed by atoms with Crippen molar-refractivity contribution in [2.75, 3.05) is 60.4 Å². The summed E-state index contributed by atoms with van der Waals surface area (Å²) in [4.78, 5) is 7.21. The number of likely N-dealkylation sites (N-methyl/N-ethyl adjacent to an activating group) is 1. The Hall–Kier alpha value is -0.950. The molecule has 6 heteroatoms. The number of aromatic nitrogens is 1. The van der Waals surface area contributed by atoms with Crippen LogP contribution in [0.4, 0.5) is 0 Å². The monoisotopic (exact) mass is 281 g/mol. The van der Waals surface area contributed by atoms with Crippen LogP contribution in [0.5, 0.6) is 0 Å². The fourth-order valence-corrected chi connectivity index (χ4v) is 2.43. The van der Waals surface area contributed by atoms with Gasteiger partial charge >= 0.3 is 0 Å². The Morgan fingerprint density at radius 3 is 2.60 bits per heavy atom. The maximum absolute atomic E-state index is 5.37. The summed E-state index contributed by atoms with van der Waals surface area (Å²) < 4.78 is 5.37. The molecule has 114 valence electrons. The number of nitrogens with one attached hydrogen (secondary N) is 1. The predicted octanol–water partition coefficient (Wildman–Crippen LogP) is 0.0732. The van der Waals surface area contributed by atoms with Gasteiger partial charge in [-0.15, -0.1) is 0 Å². The molecule has 1 saturated heterocycles. The first-order valence-corrected chi connectivity index (χ1v) is 7.36. The normalized spacial score (nSPS) is 18.0. The molecule has 0 radical (unpaired) electrons. The Kier molecular flexibility index (Phi) is 5.97. The molecule has 1 aliphatic heterocycles. The quantitative estimate of drug-likeness (QED) is 0.763. The highest BCUT2D eigenvalue weighted by atomic mass is 16.5. The van der Waals surface area contributed by atoms with Crippen molar-refractivity contribution >= 4 is 0 Å². The summed E-state index contributed by atoms with van der Waals surface area (Å²) in [6, 6.07) is 2.05. The van der Waals surface area contributed by atoms with Crippen molar-refractivity contribution in [1.82, 2.24) is 25.2 Å².